The van der Waals surface area contributed by atoms with Gasteiger partial charge in [-0.15, -0.1) is 10.2 Å². The second kappa shape index (κ2) is 3.81. The van der Waals surface area contributed by atoms with Crippen LogP contribution in [-0.2, 0) is 7.05 Å². The van der Waals surface area contributed by atoms with E-state index < -0.39 is 5.78 Å². The van der Waals surface area contributed by atoms with E-state index in [1.54, 1.807) is 7.05 Å². The summed E-state index contributed by atoms with van der Waals surface area (Å²) in [6.07, 6.45) is 2.77. The maximum Gasteiger partial charge on any atom is 0.253 e. The number of hydrogen-bond acceptors (Lipinski definition) is 6. The van der Waals surface area contributed by atoms with Crippen molar-refractivity contribution in [3.63, 3.8) is 0 Å². The van der Waals surface area contributed by atoms with Gasteiger partial charge in [0.25, 0.3) is 5.78 Å². The second-order valence-electron chi connectivity index (χ2n) is 2.65. The van der Waals surface area contributed by atoms with E-state index in [0.29, 0.717) is 4.47 Å². The van der Waals surface area contributed by atoms with Crippen molar-refractivity contribution in [2.45, 2.75) is 0 Å². The van der Waals surface area contributed by atoms with Crippen molar-refractivity contribution in [2.24, 2.45) is 7.05 Å². The number of hydrogen-bond donors (Lipinski definition) is 0. The predicted octanol–water partition coefficient (Wildman–Crippen LogP) is -0.00640. The fourth-order valence-corrected chi connectivity index (χ4v) is 1.36. The van der Waals surface area contributed by atoms with Gasteiger partial charge in [0.05, 0.1) is 11.5 Å². The molecule has 0 atom stereocenters. The van der Waals surface area contributed by atoms with Crippen molar-refractivity contribution in [1.29, 1.82) is 0 Å². The first-order valence-electron chi connectivity index (χ1n) is 3.92. The van der Waals surface area contributed by atoms with Gasteiger partial charge in [-0.2, -0.15) is 4.80 Å². The molecule has 2 heterocycles. The smallest absolute Gasteiger partial charge is 0.253 e. The minimum Gasteiger partial charge on any atom is -0.283 e. The summed E-state index contributed by atoms with van der Waals surface area (Å²) < 4.78 is 0.502. The fourth-order valence-electron chi connectivity index (χ4n) is 0.961. The molecule has 0 aliphatic carbocycles. The molecule has 7 nitrogen and oxygen atoms in total. The average Bonchev–Trinajstić information content (AvgIpc) is 2.65. The highest BCUT2D eigenvalue weighted by Crippen LogP contribution is 2.13. The Hall–Kier alpha value is -1.70. The summed E-state index contributed by atoms with van der Waals surface area (Å²) in [5.74, 6) is -0.380. The van der Waals surface area contributed by atoms with Gasteiger partial charge in [-0.25, -0.2) is 9.97 Å². The third-order valence-corrected chi connectivity index (χ3v) is 2.17. The van der Waals surface area contributed by atoms with Gasteiger partial charge in [0.1, 0.15) is 12.0 Å². The zero-order valence-corrected chi connectivity index (χ0v) is 9.21. The quantitative estimate of drug-likeness (QED) is 0.713. The van der Waals surface area contributed by atoms with Gasteiger partial charge >= 0.3 is 0 Å². The van der Waals surface area contributed by atoms with Crippen LogP contribution >= 0.6 is 15.9 Å². The molecule has 76 valence electrons. The first kappa shape index (κ1) is 9.84. The molecule has 0 saturated heterocycles. The highest BCUT2D eigenvalue weighted by Gasteiger charge is 2.18. The number of carbonyl (C=O) groups excluding carboxylic acids is 1. The summed E-state index contributed by atoms with van der Waals surface area (Å²) in [6.45, 7) is 0. The molecule has 0 aliphatic rings. The molecule has 0 fully saturated rings. The maximum absolute atomic E-state index is 11.8. The van der Waals surface area contributed by atoms with E-state index in [4.69, 9.17) is 0 Å². The summed E-state index contributed by atoms with van der Waals surface area (Å²) in [5, 5.41) is 11.0. The number of rotatable bonds is 2. The minimum absolute atomic E-state index is 0.0110. The Bertz CT molecular complexity index is 510. The van der Waals surface area contributed by atoms with Crippen LogP contribution in [0, 0.1) is 0 Å². The van der Waals surface area contributed by atoms with Crippen LogP contribution in [0.25, 0.3) is 0 Å². The number of aromatic nitrogens is 6. The van der Waals surface area contributed by atoms with Crippen LogP contribution in [0.15, 0.2) is 17.0 Å². The molecule has 0 N–H and O–H groups in total. The molecule has 2 aromatic heterocycles. The molecule has 2 rings (SSSR count). The third kappa shape index (κ3) is 1.89. The van der Waals surface area contributed by atoms with Crippen LogP contribution in [0.3, 0.4) is 0 Å². The highest BCUT2D eigenvalue weighted by atomic mass is 79.9. The van der Waals surface area contributed by atoms with E-state index in [9.17, 15) is 4.79 Å². The third-order valence-electron chi connectivity index (χ3n) is 1.59. The number of nitrogens with zero attached hydrogens (tertiary/aromatic N) is 6. The van der Waals surface area contributed by atoms with E-state index in [0.717, 1.165) is 0 Å². The van der Waals surface area contributed by atoms with Crippen LogP contribution in [0.4, 0.5) is 0 Å². The van der Waals surface area contributed by atoms with Gasteiger partial charge in [-0.3, -0.25) is 4.79 Å². The molecule has 0 aliphatic heterocycles. The van der Waals surface area contributed by atoms with E-state index in [-0.39, 0.29) is 11.5 Å². The van der Waals surface area contributed by atoms with Gasteiger partial charge < -0.3 is 0 Å². The largest absolute Gasteiger partial charge is 0.283 e. The summed E-state index contributed by atoms with van der Waals surface area (Å²) in [5.41, 5.74) is 0.220. The standard InChI is InChI=1S/C7H5BrN6O/c1-14-12-7(11-13-14)6(15)5-4(8)2-9-3-10-5/h2-3H,1H3. The Labute approximate surface area is 92.7 Å². The highest BCUT2D eigenvalue weighted by molar-refractivity contribution is 9.10. The number of carbonyl (C=O) groups is 1. The SMILES string of the molecule is Cn1nnc(C(=O)c2ncncc2Br)n1. The van der Waals surface area contributed by atoms with Crippen molar-refractivity contribution in [3.05, 3.63) is 28.5 Å². The molecular formula is C7H5BrN6O. The second-order valence-corrected chi connectivity index (χ2v) is 3.51. The van der Waals surface area contributed by atoms with E-state index in [1.165, 1.54) is 17.3 Å². The molecule has 0 spiro atoms. The van der Waals surface area contributed by atoms with Crippen LogP contribution in [0.2, 0.25) is 0 Å². The number of halogens is 1. The molecule has 0 radical (unpaired) electrons. The number of tetrazole rings is 1. The monoisotopic (exact) mass is 268 g/mol. The molecule has 15 heavy (non-hydrogen) atoms. The van der Waals surface area contributed by atoms with E-state index in [2.05, 4.69) is 41.3 Å². The maximum atomic E-state index is 11.8. The molecule has 0 bridgehead atoms. The number of aryl methyl sites for hydroxylation is 1. The van der Waals surface area contributed by atoms with Gasteiger partial charge in [-0.05, 0) is 21.1 Å². The van der Waals surface area contributed by atoms with Crippen LogP contribution in [0.5, 0.6) is 0 Å². The lowest BCUT2D eigenvalue weighted by Gasteiger charge is -1.96. The van der Waals surface area contributed by atoms with Crippen molar-refractivity contribution in [3.8, 4) is 0 Å². The van der Waals surface area contributed by atoms with Crippen LogP contribution in [-0.4, -0.2) is 36.0 Å². The van der Waals surface area contributed by atoms with E-state index >= 15 is 0 Å². The molecule has 2 aromatic rings. The Balaban J connectivity index is 2.41. The fraction of sp³-hybridized carbons (Fsp3) is 0.143. The minimum atomic E-state index is -0.391. The normalized spacial score (nSPS) is 10.3. The average molecular weight is 269 g/mol. The summed E-state index contributed by atoms with van der Waals surface area (Å²) in [4.78, 5) is 20.6. The van der Waals surface area contributed by atoms with Gasteiger partial charge in [0.15, 0.2) is 0 Å². The van der Waals surface area contributed by atoms with Crippen molar-refractivity contribution >= 4 is 21.7 Å². The molecule has 0 saturated carbocycles. The Morgan fingerprint density at radius 2 is 2.33 bits per heavy atom. The topological polar surface area (TPSA) is 86.5 Å². The van der Waals surface area contributed by atoms with Gasteiger partial charge in [-0.1, -0.05) is 0 Å². The van der Waals surface area contributed by atoms with Gasteiger partial charge in [0, 0.05) is 6.20 Å². The van der Waals surface area contributed by atoms with E-state index in [1.807, 2.05) is 0 Å². The zero-order chi connectivity index (χ0) is 10.8. The first-order chi connectivity index (χ1) is 7.18. The predicted molar refractivity (Wildman–Crippen MR) is 52.0 cm³/mol. The Morgan fingerprint density at radius 3 is 2.93 bits per heavy atom. The molecular weight excluding hydrogens is 264 g/mol. The first-order valence-corrected chi connectivity index (χ1v) is 4.72. The Kier molecular flexibility index (Phi) is 2.50. The summed E-state index contributed by atoms with van der Waals surface area (Å²) >= 11 is 3.17. The van der Waals surface area contributed by atoms with Crippen LogP contribution < -0.4 is 0 Å². The van der Waals surface area contributed by atoms with Crippen molar-refractivity contribution in [2.75, 3.05) is 0 Å². The lowest BCUT2D eigenvalue weighted by Crippen LogP contribution is -2.08. The number of ketones is 1. The van der Waals surface area contributed by atoms with Crippen molar-refractivity contribution < 1.29 is 4.79 Å². The van der Waals surface area contributed by atoms with Gasteiger partial charge in [0.2, 0.25) is 5.82 Å². The lowest BCUT2D eigenvalue weighted by atomic mass is 10.2. The molecule has 0 unspecified atom stereocenters. The van der Waals surface area contributed by atoms with Crippen molar-refractivity contribution in [1.82, 2.24) is 30.2 Å². The molecule has 0 amide bonds. The molecule has 0 aromatic carbocycles. The van der Waals surface area contributed by atoms with Crippen LogP contribution in [0.1, 0.15) is 16.3 Å². The zero-order valence-electron chi connectivity index (χ0n) is 7.62. The summed E-state index contributed by atoms with van der Waals surface area (Å²) in [6, 6.07) is 0. The molecule has 8 heteroatoms. The lowest BCUT2D eigenvalue weighted by molar-refractivity contribution is 0.102. The summed E-state index contributed by atoms with van der Waals surface area (Å²) in [7, 11) is 1.58. The Morgan fingerprint density at radius 1 is 1.53 bits per heavy atom.